The smallest absolute Gasteiger partial charge is 0.0659 e. The van der Waals surface area contributed by atoms with Crippen molar-refractivity contribution < 1.29 is 0 Å². The molecule has 18 heavy (non-hydrogen) atoms. The Morgan fingerprint density at radius 2 is 2.11 bits per heavy atom. The zero-order chi connectivity index (χ0) is 12.6. The molecule has 0 radical (unpaired) electrons. The molecule has 1 saturated heterocycles. The number of rotatable bonds is 3. The molecule has 1 aromatic carbocycles. The molecule has 0 saturated carbocycles. The Morgan fingerprint density at radius 1 is 1.33 bits per heavy atom. The molecule has 1 N–H and O–H groups in total. The molecule has 0 bridgehead atoms. The molecule has 94 valence electrons. The fourth-order valence-corrected chi connectivity index (χ4v) is 2.57. The van der Waals surface area contributed by atoms with Crippen LogP contribution in [0.5, 0.6) is 0 Å². The monoisotopic (exact) mass is 241 g/mol. The summed E-state index contributed by atoms with van der Waals surface area (Å²) >= 11 is 0. The lowest BCUT2D eigenvalue weighted by Crippen LogP contribution is -2.52. The summed E-state index contributed by atoms with van der Waals surface area (Å²) in [7, 11) is 0. The number of hydrogen-bond acceptors (Lipinski definition) is 2. The maximum atomic E-state index is 4.46. The van der Waals surface area contributed by atoms with Crippen molar-refractivity contribution in [3.63, 3.8) is 0 Å². The van der Waals surface area contributed by atoms with Crippen LogP contribution in [0.2, 0.25) is 0 Å². The number of nitrogens with one attached hydrogen (secondary N) is 1. The van der Waals surface area contributed by atoms with Gasteiger partial charge in [-0.25, -0.2) is 0 Å². The van der Waals surface area contributed by atoms with E-state index in [-0.39, 0.29) is 0 Å². The van der Waals surface area contributed by atoms with Gasteiger partial charge in [-0.05, 0) is 11.0 Å². The lowest BCUT2D eigenvalue weighted by atomic mass is 9.75. The molecule has 1 aromatic heterocycles. The topological polar surface area (TPSA) is 29.9 Å². The Hall–Kier alpha value is -1.61. The summed E-state index contributed by atoms with van der Waals surface area (Å²) in [5.41, 5.74) is 2.93. The van der Waals surface area contributed by atoms with Gasteiger partial charge in [-0.15, -0.1) is 0 Å². The third-order valence-electron chi connectivity index (χ3n) is 3.72. The lowest BCUT2D eigenvalue weighted by Gasteiger charge is -2.45. The molecule has 1 fully saturated rings. The van der Waals surface area contributed by atoms with Crippen LogP contribution in [0, 0.1) is 5.41 Å². The lowest BCUT2D eigenvalue weighted by molar-refractivity contribution is 0.128. The molecular formula is C15H19N3. The van der Waals surface area contributed by atoms with E-state index >= 15 is 0 Å². The second kappa shape index (κ2) is 4.25. The maximum Gasteiger partial charge on any atom is 0.0659 e. The molecule has 2 heterocycles. The normalized spacial score (nSPS) is 21.6. The van der Waals surface area contributed by atoms with Gasteiger partial charge in [-0.1, -0.05) is 44.2 Å². The molecule has 3 heteroatoms. The van der Waals surface area contributed by atoms with Crippen molar-refractivity contribution >= 4 is 0 Å². The largest absolute Gasteiger partial charge is 0.309 e. The molecule has 1 aliphatic heterocycles. The summed E-state index contributed by atoms with van der Waals surface area (Å²) in [6, 6.07) is 10.9. The van der Waals surface area contributed by atoms with Crippen molar-refractivity contribution in [2.45, 2.75) is 26.4 Å². The van der Waals surface area contributed by atoms with E-state index in [2.05, 4.69) is 54.7 Å². The quantitative estimate of drug-likeness (QED) is 0.895. The van der Waals surface area contributed by atoms with Crippen LogP contribution in [-0.4, -0.2) is 16.3 Å². The summed E-state index contributed by atoms with van der Waals surface area (Å²) in [5.74, 6) is 0. The van der Waals surface area contributed by atoms with E-state index in [0.29, 0.717) is 11.5 Å². The number of aromatic nitrogens is 2. The van der Waals surface area contributed by atoms with Crippen LogP contribution < -0.4 is 5.32 Å². The second-order valence-electron chi connectivity index (χ2n) is 5.76. The molecule has 0 aliphatic carbocycles. The summed E-state index contributed by atoms with van der Waals surface area (Å²) < 4.78 is 2.01. The summed E-state index contributed by atoms with van der Waals surface area (Å²) in [5, 5.41) is 7.93. The van der Waals surface area contributed by atoms with Crippen LogP contribution in [0.15, 0.2) is 42.7 Å². The van der Waals surface area contributed by atoms with E-state index in [4.69, 9.17) is 0 Å². The highest BCUT2D eigenvalue weighted by molar-refractivity contribution is 5.20. The summed E-state index contributed by atoms with van der Waals surface area (Å²) in [6.07, 6.45) is 4.15. The molecule has 3 rings (SSSR count). The highest BCUT2D eigenvalue weighted by Crippen LogP contribution is 2.39. The molecule has 1 atom stereocenters. The maximum absolute atomic E-state index is 4.46. The Labute approximate surface area is 108 Å². The first-order chi connectivity index (χ1) is 8.65. The van der Waals surface area contributed by atoms with Gasteiger partial charge >= 0.3 is 0 Å². The fourth-order valence-electron chi connectivity index (χ4n) is 2.57. The minimum atomic E-state index is 0.348. The summed E-state index contributed by atoms with van der Waals surface area (Å²) in [6.45, 7) is 6.51. The minimum absolute atomic E-state index is 0.348. The fraction of sp³-hybridized carbons (Fsp3) is 0.400. The van der Waals surface area contributed by atoms with Crippen molar-refractivity contribution in [3.05, 3.63) is 53.9 Å². The van der Waals surface area contributed by atoms with Crippen LogP contribution in [0.3, 0.4) is 0 Å². The van der Waals surface area contributed by atoms with Crippen molar-refractivity contribution in [1.29, 1.82) is 0 Å². The van der Waals surface area contributed by atoms with Gasteiger partial charge in [0.2, 0.25) is 0 Å². The zero-order valence-electron chi connectivity index (χ0n) is 10.9. The van der Waals surface area contributed by atoms with Gasteiger partial charge in [0.05, 0.1) is 12.7 Å². The van der Waals surface area contributed by atoms with E-state index < -0.39 is 0 Å². The second-order valence-corrected chi connectivity index (χ2v) is 5.76. The molecule has 3 nitrogen and oxygen atoms in total. The van der Waals surface area contributed by atoms with E-state index in [9.17, 15) is 0 Å². The predicted octanol–water partition coefficient (Wildman–Crippen LogP) is 2.60. The molecule has 1 unspecified atom stereocenters. The third kappa shape index (κ3) is 2.06. The van der Waals surface area contributed by atoms with Crippen molar-refractivity contribution in [2.75, 3.05) is 6.54 Å². The summed E-state index contributed by atoms with van der Waals surface area (Å²) in [4.78, 5) is 0. The predicted molar refractivity (Wildman–Crippen MR) is 72.3 cm³/mol. The molecule has 1 aliphatic rings. The molecular weight excluding hydrogens is 222 g/mol. The minimum Gasteiger partial charge on any atom is -0.309 e. The highest BCUT2D eigenvalue weighted by Gasteiger charge is 2.39. The van der Waals surface area contributed by atoms with Crippen LogP contribution in [0.4, 0.5) is 0 Å². The van der Waals surface area contributed by atoms with Crippen molar-refractivity contribution in [2.24, 2.45) is 5.41 Å². The van der Waals surface area contributed by atoms with Crippen LogP contribution in [0.1, 0.15) is 31.0 Å². The Bertz CT molecular complexity index is 528. The molecule has 0 amide bonds. The average molecular weight is 241 g/mol. The van der Waals surface area contributed by atoms with Gasteiger partial charge in [0.15, 0.2) is 0 Å². The SMILES string of the molecule is CC1(C)CNC1c1cnn(Cc2ccccc2)c1. The van der Waals surface area contributed by atoms with Gasteiger partial charge in [0.25, 0.3) is 0 Å². The Morgan fingerprint density at radius 3 is 2.72 bits per heavy atom. The van der Waals surface area contributed by atoms with Crippen LogP contribution in [-0.2, 0) is 6.54 Å². The van der Waals surface area contributed by atoms with Gasteiger partial charge in [-0.3, -0.25) is 4.68 Å². The average Bonchev–Trinajstić information content (AvgIpc) is 2.77. The van der Waals surface area contributed by atoms with Crippen molar-refractivity contribution in [3.8, 4) is 0 Å². The van der Waals surface area contributed by atoms with Gasteiger partial charge in [0.1, 0.15) is 0 Å². The van der Waals surface area contributed by atoms with E-state index in [1.807, 2.05) is 16.9 Å². The molecule has 0 spiro atoms. The third-order valence-corrected chi connectivity index (χ3v) is 3.72. The first-order valence-corrected chi connectivity index (χ1v) is 6.45. The molecule has 2 aromatic rings. The van der Waals surface area contributed by atoms with Crippen LogP contribution in [0.25, 0.3) is 0 Å². The number of nitrogens with zero attached hydrogens (tertiary/aromatic N) is 2. The van der Waals surface area contributed by atoms with Gasteiger partial charge in [-0.2, -0.15) is 5.10 Å². The Balaban J connectivity index is 1.74. The van der Waals surface area contributed by atoms with Gasteiger partial charge < -0.3 is 5.32 Å². The number of benzene rings is 1. The van der Waals surface area contributed by atoms with Crippen LogP contribution >= 0.6 is 0 Å². The van der Waals surface area contributed by atoms with Gasteiger partial charge in [0, 0.05) is 24.3 Å². The standard InChI is InChI=1S/C15H19N3/c1-15(2)11-16-14(15)13-8-17-18(10-13)9-12-6-4-3-5-7-12/h3-8,10,14,16H,9,11H2,1-2H3. The number of hydrogen-bond donors (Lipinski definition) is 1. The van der Waals surface area contributed by atoms with Crippen molar-refractivity contribution in [1.82, 2.24) is 15.1 Å². The van der Waals surface area contributed by atoms with E-state index in [1.54, 1.807) is 0 Å². The Kier molecular flexibility index (Phi) is 2.71. The zero-order valence-corrected chi connectivity index (χ0v) is 10.9. The highest BCUT2D eigenvalue weighted by atomic mass is 15.3. The van der Waals surface area contributed by atoms with E-state index in [0.717, 1.165) is 13.1 Å². The first-order valence-electron chi connectivity index (χ1n) is 6.45. The first kappa shape index (κ1) is 11.5. The van der Waals surface area contributed by atoms with E-state index in [1.165, 1.54) is 11.1 Å².